The van der Waals surface area contributed by atoms with Crippen molar-refractivity contribution in [2.24, 2.45) is 0 Å². The maximum atomic E-state index is 10.1. The smallest absolute Gasteiger partial charge is 0.303 e. The molecule has 2 N–H and O–H groups in total. The van der Waals surface area contributed by atoms with Gasteiger partial charge in [0.05, 0.1) is 0 Å². The maximum Gasteiger partial charge on any atom is 0.303 e. The van der Waals surface area contributed by atoms with Crippen LogP contribution < -0.4 is 0 Å². The minimum atomic E-state index is -0.753. The average molecular weight is 220 g/mol. The standard InChI is InChI=1S/C9H16O4S/c10-8(11)4-1-2-6-14-7-3-5-9(12)13/h1-7H2,(H,10,11)(H,12,13). The Morgan fingerprint density at radius 1 is 0.857 bits per heavy atom. The summed E-state index contributed by atoms with van der Waals surface area (Å²) in [6.07, 6.45) is 2.75. The molecule has 0 heterocycles. The van der Waals surface area contributed by atoms with E-state index in [1.165, 1.54) is 0 Å². The Labute approximate surface area is 87.7 Å². The Hall–Kier alpha value is -0.710. The van der Waals surface area contributed by atoms with E-state index in [2.05, 4.69) is 0 Å². The van der Waals surface area contributed by atoms with E-state index in [4.69, 9.17) is 10.2 Å². The van der Waals surface area contributed by atoms with Gasteiger partial charge >= 0.3 is 11.9 Å². The van der Waals surface area contributed by atoms with E-state index >= 15 is 0 Å². The van der Waals surface area contributed by atoms with Gasteiger partial charge in [0.1, 0.15) is 0 Å². The van der Waals surface area contributed by atoms with E-state index in [0.717, 1.165) is 17.9 Å². The molecule has 0 radical (unpaired) electrons. The summed E-state index contributed by atoms with van der Waals surface area (Å²) in [6, 6.07) is 0. The van der Waals surface area contributed by atoms with Crippen molar-refractivity contribution in [1.29, 1.82) is 0 Å². The molecule has 82 valence electrons. The Bertz CT molecular complexity index is 162. The summed E-state index contributed by atoms with van der Waals surface area (Å²) >= 11 is 1.69. The van der Waals surface area contributed by atoms with Crippen LogP contribution in [0.5, 0.6) is 0 Å². The molecule has 0 spiro atoms. The van der Waals surface area contributed by atoms with E-state index in [1.54, 1.807) is 11.8 Å². The summed E-state index contributed by atoms with van der Waals surface area (Å²) in [7, 11) is 0. The second-order valence-corrected chi connectivity index (χ2v) is 4.19. The monoisotopic (exact) mass is 220 g/mol. The summed E-state index contributed by atoms with van der Waals surface area (Å²) in [5.41, 5.74) is 0. The zero-order valence-corrected chi connectivity index (χ0v) is 8.89. The van der Waals surface area contributed by atoms with Crippen molar-refractivity contribution in [2.75, 3.05) is 11.5 Å². The van der Waals surface area contributed by atoms with Crippen LogP contribution in [0.15, 0.2) is 0 Å². The molecule has 0 rings (SSSR count). The molecule has 0 fully saturated rings. The van der Waals surface area contributed by atoms with Crippen LogP contribution in [-0.4, -0.2) is 33.7 Å². The fraction of sp³-hybridized carbons (Fsp3) is 0.778. The first-order valence-electron chi connectivity index (χ1n) is 4.64. The first-order valence-corrected chi connectivity index (χ1v) is 5.79. The predicted molar refractivity (Wildman–Crippen MR) is 55.7 cm³/mol. The summed E-state index contributed by atoms with van der Waals surface area (Å²) < 4.78 is 0. The molecule has 0 bridgehead atoms. The largest absolute Gasteiger partial charge is 0.481 e. The number of thioether (sulfide) groups is 1. The molecule has 0 atom stereocenters. The normalized spacial score (nSPS) is 10.0. The number of unbranched alkanes of at least 4 members (excludes halogenated alkanes) is 1. The lowest BCUT2D eigenvalue weighted by molar-refractivity contribution is -0.138. The van der Waals surface area contributed by atoms with Crippen molar-refractivity contribution in [3.63, 3.8) is 0 Å². The van der Waals surface area contributed by atoms with Gasteiger partial charge in [-0.15, -0.1) is 0 Å². The molecule has 5 heteroatoms. The minimum Gasteiger partial charge on any atom is -0.481 e. The fourth-order valence-electron chi connectivity index (χ4n) is 0.908. The predicted octanol–water partition coefficient (Wildman–Crippen LogP) is 1.84. The van der Waals surface area contributed by atoms with E-state index in [0.29, 0.717) is 12.8 Å². The number of carboxylic acid groups (broad SMARTS) is 2. The maximum absolute atomic E-state index is 10.1. The van der Waals surface area contributed by atoms with Crippen LogP contribution in [0.3, 0.4) is 0 Å². The van der Waals surface area contributed by atoms with Crippen molar-refractivity contribution < 1.29 is 19.8 Å². The van der Waals surface area contributed by atoms with Gasteiger partial charge in [-0.2, -0.15) is 11.8 Å². The number of hydrogen-bond donors (Lipinski definition) is 2. The molecular formula is C9H16O4S. The molecule has 4 nitrogen and oxygen atoms in total. The third kappa shape index (κ3) is 11.3. The van der Waals surface area contributed by atoms with E-state index in [-0.39, 0.29) is 12.8 Å². The Kier molecular flexibility index (Phi) is 8.42. The Morgan fingerprint density at radius 3 is 1.93 bits per heavy atom. The third-order valence-corrected chi connectivity index (χ3v) is 2.76. The van der Waals surface area contributed by atoms with Gasteiger partial charge in [-0.25, -0.2) is 0 Å². The fourth-order valence-corrected chi connectivity index (χ4v) is 1.87. The zero-order chi connectivity index (χ0) is 10.8. The van der Waals surface area contributed by atoms with Gasteiger partial charge in [-0.3, -0.25) is 9.59 Å². The van der Waals surface area contributed by atoms with Crippen LogP contribution in [0.1, 0.15) is 32.1 Å². The Balaban J connectivity index is 2.99. The van der Waals surface area contributed by atoms with Crippen molar-refractivity contribution in [2.45, 2.75) is 32.1 Å². The highest BCUT2D eigenvalue weighted by Gasteiger charge is 1.98. The highest BCUT2D eigenvalue weighted by molar-refractivity contribution is 7.99. The molecule has 0 aromatic rings. The van der Waals surface area contributed by atoms with Crippen LogP contribution in [0.25, 0.3) is 0 Å². The van der Waals surface area contributed by atoms with Gasteiger partial charge in [0, 0.05) is 12.8 Å². The van der Waals surface area contributed by atoms with Crippen LogP contribution in [0, 0.1) is 0 Å². The van der Waals surface area contributed by atoms with Crippen molar-refractivity contribution in [3.8, 4) is 0 Å². The van der Waals surface area contributed by atoms with Crippen molar-refractivity contribution >= 4 is 23.7 Å². The molecule has 0 aliphatic rings. The van der Waals surface area contributed by atoms with Gasteiger partial charge in [0.15, 0.2) is 0 Å². The first-order chi connectivity index (χ1) is 6.63. The number of rotatable bonds is 9. The topological polar surface area (TPSA) is 74.6 Å². The number of hydrogen-bond acceptors (Lipinski definition) is 3. The lowest BCUT2D eigenvalue weighted by Crippen LogP contribution is -1.96. The van der Waals surface area contributed by atoms with Gasteiger partial charge in [0.2, 0.25) is 0 Å². The van der Waals surface area contributed by atoms with Crippen LogP contribution in [0.4, 0.5) is 0 Å². The SMILES string of the molecule is O=C(O)CCCCSCCCC(=O)O. The van der Waals surface area contributed by atoms with Crippen LogP contribution in [0.2, 0.25) is 0 Å². The first kappa shape index (κ1) is 13.3. The number of aliphatic carboxylic acids is 2. The number of carbonyl (C=O) groups is 2. The lowest BCUT2D eigenvalue weighted by Gasteiger charge is -1.99. The van der Waals surface area contributed by atoms with Crippen LogP contribution >= 0.6 is 11.8 Å². The molecule has 0 unspecified atom stereocenters. The molecular weight excluding hydrogens is 204 g/mol. The van der Waals surface area contributed by atoms with Gasteiger partial charge < -0.3 is 10.2 Å². The summed E-state index contributed by atoms with van der Waals surface area (Å²) in [5.74, 6) is 0.268. The molecule has 0 amide bonds. The van der Waals surface area contributed by atoms with E-state index in [1.807, 2.05) is 0 Å². The van der Waals surface area contributed by atoms with E-state index in [9.17, 15) is 9.59 Å². The van der Waals surface area contributed by atoms with Crippen LogP contribution in [-0.2, 0) is 9.59 Å². The molecule has 0 aromatic heterocycles. The summed E-state index contributed by atoms with van der Waals surface area (Å²) in [4.78, 5) is 20.3. The zero-order valence-electron chi connectivity index (χ0n) is 8.07. The van der Waals surface area contributed by atoms with Gasteiger partial charge in [0.25, 0.3) is 0 Å². The van der Waals surface area contributed by atoms with Gasteiger partial charge in [-0.1, -0.05) is 0 Å². The molecule has 0 aliphatic carbocycles. The molecule has 14 heavy (non-hydrogen) atoms. The minimum absolute atomic E-state index is 0.224. The summed E-state index contributed by atoms with van der Waals surface area (Å²) in [5, 5.41) is 16.7. The van der Waals surface area contributed by atoms with Crippen molar-refractivity contribution in [3.05, 3.63) is 0 Å². The Morgan fingerprint density at radius 2 is 1.36 bits per heavy atom. The second-order valence-electron chi connectivity index (χ2n) is 2.96. The molecule has 0 aliphatic heterocycles. The highest BCUT2D eigenvalue weighted by atomic mass is 32.2. The molecule has 0 saturated carbocycles. The lowest BCUT2D eigenvalue weighted by atomic mass is 10.2. The average Bonchev–Trinajstić information content (AvgIpc) is 2.08. The molecule has 0 saturated heterocycles. The molecule has 0 aromatic carbocycles. The van der Waals surface area contributed by atoms with Crippen molar-refractivity contribution in [1.82, 2.24) is 0 Å². The second kappa shape index (κ2) is 8.87. The summed E-state index contributed by atoms with van der Waals surface area (Å²) in [6.45, 7) is 0. The third-order valence-electron chi connectivity index (χ3n) is 1.61. The quantitative estimate of drug-likeness (QED) is 0.580. The van der Waals surface area contributed by atoms with Gasteiger partial charge in [-0.05, 0) is 30.8 Å². The van der Waals surface area contributed by atoms with E-state index < -0.39 is 11.9 Å². The highest BCUT2D eigenvalue weighted by Crippen LogP contribution is 2.08. The number of carboxylic acids is 2.